The predicted molar refractivity (Wildman–Crippen MR) is 81.4 cm³/mol. The minimum Gasteiger partial charge on any atom is -0.367 e. The highest BCUT2D eigenvalue weighted by atomic mass is 19.1. The van der Waals surface area contributed by atoms with Crippen molar-refractivity contribution in [2.24, 2.45) is 0 Å². The molecule has 0 bridgehead atoms. The lowest BCUT2D eigenvalue weighted by atomic mass is 9.86. The second kappa shape index (κ2) is 4.97. The van der Waals surface area contributed by atoms with E-state index >= 15 is 0 Å². The molecular formula is C16H15F3N4. The van der Waals surface area contributed by atoms with Crippen molar-refractivity contribution in [3.05, 3.63) is 47.4 Å². The van der Waals surface area contributed by atoms with Crippen LogP contribution in [-0.4, -0.2) is 14.6 Å². The van der Waals surface area contributed by atoms with Crippen LogP contribution in [0.3, 0.4) is 0 Å². The summed E-state index contributed by atoms with van der Waals surface area (Å²) in [5, 5.41) is 3.84. The Morgan fingerprint density at radius 2 is 1.61 bits per heavy atom. The Morgan fingerprint density at radius 3 is 2.17 bits per heavy atom. The molecule has 0 unspecified atom stereocenters. The lowest BCUT2D eigenvalue weighted by Gasteiger charge is -2.20. The quantitative estimate of drug-likeness (QED) is 0.744. The second-order valence-electron chi connectivity index (χ2n) is 6.36. The largest absolute Gasteiger partial charge is 0.367 e. The third-order valence-corrected chi connectivity index (χ3v) is 3.65. The van der Waals surface area contributed by atoms with Crippen molar-refractivity contribution in [3.63, 3.8) is 0 Å². The zero-order valence-corrected chi connectivity index (χ0v) is 12.9. The molecular weight excluding hydrogens is 305 g/mol. The molecule has 23 heavy (non-hydrogen) atoms. The minimum absolute atomic E-state index is 0.00658. The van der Waals surface area contributed by atoms with Gasteiger partial charge in [0.15, 0.2) is 5.82 Å². The summed E-state index contributed by atoms with van der Waals surface area (Å²) in [6.07, 6.45) is 1.17. The van der Waals surface area contributed by atoms with Gasteiger partial charge in [-0.05, 0) is 23.1 Å². The minimum atomic E-state index is -0.786. The molecule has 2 heterocycles. The van der Waals surface area contributed by atoms with Crippen LogP contribution in [0.2, 0.25) is 0 Å². The maximum Gasteiger partial charge on any atom is 0.238 e. The molecule has 7 heteroatoms. The first-order chi connectivity index (χ1) is 10.7. The van der Waals surface area contributed by atoms with Crippen LogP contribution in [0.1, 0.15) is 26.3 Å². The SMILES string of the molecule is CC(C)(C)c1cc(F)c(-c2cc(F)c3cnc(N)nn23)c(F)c1. The Bertz CT molecular complexity index is 887. The van der Waals surface area contributed by atoms with Gasteiger partial charge in [-0.3, -0.25) is 0 Å². The van der Waals surface area contributed by atoms with Crippen molar-refractivity contribution in [2.75, 3.05) is 5.73 Å². The third-order valence-electron chi connectivity index (χ3n) is 3.65. The molecule has 1 aromatic carbocycles. The van der Waals surface area contributed by atoms with Gasteiger partial charge in [-0.25, -0.2) is 22.7 Å². The van der Waals surface area contributed by atoms with Crippen LogP contribution in [-0.2, 0) is 5.41 Å². The van der Waals surface area contributed by atoms with Crippen LogP contribution >= 0.6 is 0 Å². The first-order valence-corrected chi connectivity index (χ1v) is 6.98. The van der Waals surface area contributed by atoms with Crippen LogP contribution in [0.5, 0.6) is 0 Å². The summed E-state index contributed by atoms with van der Waals surface area (Å²) in [5.41, 5.74) is 5.16. The van der Waals surface area contributed by atoms with Gasteiger partial charge >= 0.3 is 0 Å². The van der Waals surface area contributed by atoms with Crippen molar-refractivity contribution < 1.29 is 13.2 Å². The lowest BCUT2D eigenvalue weighted by molar-refractivity contribution is 0.547. The second-order valence-corrected chi connectivity index (χ2v) is 6.36. The highest BCUT2D eigenvalue weighted by Crippen LogP contribution is 2.33. The van der Waals surface area contributed by atoms with Crippen LogP contribution in [0.25, 0.3) is 16.8 Å². The summed E-state index contributed by atoms with van der Waals surface area (Å²) in [4.78, 5) is 3.68. The monoisotopic (exact) mass is 320 g/mol. The zero-order chi connectivity index (χ0) is 16.9. The first-order valence-electron chi connectivity index (χ1n) is 6.98. The number of nitrogen functional groups attached to an aromatic ring is 1. The van der Waals surface area contributed by atoms with Crippen molar-refractivity contribution in [3.8, 4) is 11.3 Å². The van der Waals surface area contributed by atoms with Gasteiger partial charge in [-0.1, -0.05) is 20.8 Å². The van der Waals surface area contributed by atoms with Crippen LogP contribution in [0.4, 0.5) is 19.1 Å². The summed E-state index contributed by atoms with van der Waals surface area (Å²) in [6.45, 7) is 5.55. The maximum atomic E-state index is 14.5. The number of fused-ring (bicyclic) bond motifs is 1. The van der Waals surface area contributed by atoms with E-state index in [0.717, 1.165) is 10.6 Å². The molecule has 2 N–H and O–H groups in total. The Balaban J connectivity index is 2.30. The van der Waals surface area contributed by atoms with Gasteiger partial charge in [0.25, 0.3) is 0 Å². The molecule has 0 saturated heterocycles. The van der Waals surface area contributed by atoms with Crippen LogP contribution in [0, 0.1) is 17.5 Å². The third kappa shape index (κ3) is 2.52. The highest BCUT2D eigenvalue weighted by Gasteiger charge is 2.23. The number of anilines is 1. The predicted octanol–water partition coefficient (Wildman–Crippen LogP) is 3.69. The molecule has 0 radical (unpaired) electrons. The number of hydrogen-bond acceptors (Lipinski definition) is 3. The van der Waals surface area contributed by atoms with Gasteiger partial charge < -0.3 is 5.73 Å². The van der Waals surface area contributed by atoms with Gasteiger partial charge in [0.2, 0.25) is 5.95 Å². The average Bonchev–Trinajstić information content (AvgIpc) is 2.73. The molecule has 0 spiro atoms. The average molecular weight is 320 g/mol. The van der Waals surface area contributed by atoms with Crippen molar-refractivity contribution in [1.82, 2.24) is 14.6 Å². The Hall–Kier alpha value is -2.57. The van der Waals surface area contributed by atoms with Crippen molar-refractivity contribution in [1.29, 1.82) is 0 Å². The molecule has 0 aliphatic rings. The van der Waals surface area contributed by atoms with E-state index in [-0.39, 0.29) is 22.7 Å². The van der Waals surface area contributed by atoms with Crippen molar-refractivity contribution >= 4 is 11.5 Å². The molecule has 0 saturated carbocycles. The topological polar surface area (TPSA) is 56.2 Å². The molecule has 0 aliphatic heterocycles. The Kier molecular flexibility index (Phi) is 3.31. The summed E-state index contributed by atoms with van der Waals surface area (Å²) >= 11 is 0. The molecule has 2 aromatic heterocycles. The molecule has 120 valence electrons. The van der Waals surface area contributed by atoms with Crippen LogP contribution in [0.15, 0.2) is 24.4 Å². The van der Waals surface area contributed by atoms with Gasteiger partial charge in [0, 0.05) is 6.07 Å². The molecule has 4 nitrogen and oxygen atoms in total. The van der Waals surface area contributed by atoms with E-state index in [4.69, 9.17) is 5.73 Å². The summed E-state index contributed by atoms with van der Waals surface area (Å²) in [7, 11) is 0. The van der Waals surface area contributed by atoms with E-state index in [1.807, 2.05) is 20.8 Å². The molecule has 0 fully saturated rings. The number of rotatable bonds is 1. The Morgan fingerprint density at radius 1 is 1.00 bits per heavy atom. The number of hydrogen-bond donors (Lipinski definition) is 1. The normalized spacial score (nSPS) is 12.1. The summed E-state index contributed by atoms with van der Waals surface area (Å²) < 4.78 is 44.0. The van der Waals surface area contributed by atoms with E-state index in [2.05, 4.69) is 10.1 Å². The fourth-order valence-electron chi connectivity index (χ4n) is 2.39. The van der Waals surface area contributed by atoms with E-state index in [0.29, 0.717) is 5.56 Å². The highest BCUT2D eigenvalue weighted by molar-refractivity contribution is 5.68. The van der Waals surface area contributed by atoms with E-state index in [1.165, 1.54) is 18.3 Å². The molecule has 0 atom stereocenters. The van der Waals surface area contributed by atoms with Gasteiger partial charge in [0.1, 0.15) is 17.2 Å². The van der Waals surface area contributed by atoms with E-state index in [1.54, 1.807) is 0 Å². The molecule has 0 aliphatic carbocycles. The smallest absolute Gasteiger partial charge is 0.238 e. The standard InChI is InChI=1S/C16H15F3N4/c1-16(2,3)8-4-10(18)14(11(19)5-8)12-6-9(17)13-7-21-15(20)22-23(12)13/h4-7H,1-3H3,(H2,20,22). The van der Waals surface area contributed by atoms with Crippen LogP contribution < -0.4 is 5.73 Å². The zero-order valence-electron chi connectivity index (χ0n) is 12.9. The summed E-state index contributed by atoms with van der Waals surface area (Å²) in [5.74, 6) is -2.38. The fourth-order valence-corrected chi connectivity index (χ4v) is 2.39. The number of nitrogens with zero attached hydrogens (tertiary/aromatic N) is 3. The van der Waals surface area contributed by atoms with Gasteiger partial charge in [0.05, 0.1) is 17.5 Å². The van der Waals surface area contributed by atoms with E-state index in [9.17, 15) is 13.2 Å². The van der Waals surface area contributed by atoms with Gasteiger partial charge in [-0.15, -0.1) is 5.10 Å². The summed E-state index contributed by atoms with van der Waals surface area (Å²) in [6, 6.07) is 3.52. The van der Waals surface area contributed by atoms with E-state index < -0.39 is 22.9 Å². The number of halogens is 3. The van der Waals surface area contributed by atoms with Crippen molar-refractivity contribution in [2.45, 2.75) is 26.2 Å². The Labute approximate surface area is 130 Å². The number of nitrogens with two attached hydrogens (primary N) is 1. The molecule has 3 aromatic rings. The van der Waals surface area contributed by atoms with Gasteiger partial charge in [-0.2, -0.15) is 0 Å². The number of aromatic nitrogens is 3. The lowest BCUT2D eigenvalue weighted by Crippen LogP contribution is -2.12. The first kappa shape index (κ1) is 15.3. The fraction of sp³-hybridized carbons (Fsp3) is 0.250. The molecule has 0 amide bonds. The maximum absolute atomic E-state index is 14.5. The number of benzene rings is 1. The molecule has 3 rings (SSSR count).